The second-order valence-electron chi connectivity index (χ2n) is 5.27. The fourth-order valence-electron chi connectivity index (χ4n) is 2.51. The van der Waals surface area contributed by atoms with Crippen LogP contribution in [-0.2, 0) is 0 Å². The molecule has 116 valence electrons. The molecular weight excluding hydrogens is 289 g/mol. The molecule has 0 spiro atoms. The minimum Gasteiger partial charge on any atom is -0.497 e. The van der Waals surface area contributed by atoms with Crippen LogP contribution in [0.15, 0.2) is 78.9 Å². The monoisotopic (exact) mass is 307 g/mol. The van der Waals surface area contributed by atoms with Crippen molar-refractivity contribution in [3.63, 3.8) is 0 Å². The zero-order chi connectivity index (χ0) is 16.1. The molecule has 2 nitrogen and oxygen atoms in total. The molecule has 3 rings (SSSR count). The summed E-state index contributed by atoms with van der Waals surface area (Å²) in [4.78, 5) is 0. The van der Waals surface area contributed by atoms with Crippen LogP contribution in [0, 0.1) is 5.82 Å². The Morgan fingerprint density at radius 2 is 1.39 bits per heavy atom. The molecule has 23 heavy (non-hydrogen) atoms. The van der Waals surface area contributed by atoms with Gasteiger partial charge < -0.3 is 10.1 Å². The predicted molar refractivity (Wildman–Crippen MR) is 91.3 cm³/mol. The highest BCUT2D eigenvalue weighted by Gasteiger charge is 2.14. The van der Waals surface area contributed by atoms with E-state index in [2.05, 4.69) is 17.4 Å². The Kier molecular flexibility index (Phi) is 4.57. The summed E-state index contributed by atoms with van der Waals surface area (Å²) in [5.41, 5.74) is 3.10. The van der Waals surface area contributed by atoms with Gasteiger partial charge in [-0.05, 0) is 47.5 Å². The van der Waals surface area contributed by atoms with Crippen molar-refractivity contribution < 1.29 is 9.13 Å². The van der Waals surface area contributed by atoms with Crippen LogP contribution < -0.4 is 10.1 Å². The van der Waals surface area contributed by atoms with Gasteiger partial charge >= 0.3 is 0 Å². The highest BCUT2D eigenvalue weighted by Crippen LogP contribution is 2.27. The number of ether oxygens (including phenoxy) is 1. The maximum absolute atomic E-state index is 13.2. The first-order valence-electron chi connectivity index (χ1n) is 7.47. The molecule has 1 unspecified atom stereocenters. The van der Waals surface area contributed by atoms with Crippen molar-refractivity contribution in [1.29, 1.82) is 0 Å². The van der Waals surface area contributed by atoms with E-state index in [0.717, 1.165) is 22.6 Å². The van der Waals surface area contributed by atoms with Gasteiger partial charge in [-0.3, -0.25) is 0 Å². The van der Waals surface area contributed by atoms with Gasteiger partial charge in [-0.25, -0.2) is 4.39 Å². The quantitative estimate of drug-likeness (QED) is 0.713. The molecule has 0 aliphatic heterocycles. The van der Waals surface area contributed by atoms with Crippen LogP contribution in [-0.4, -0.2) is 7.11 Å². The maximum atomic E-state index is 13.2. The summed E-state index contributed by atoms with van der Waals surface area (Å²) in [5.74, 6) is 0.582. The van der Waals surface area contributed by atoms with E-state index in [1.54, 1.807) is 7.11 Å². The second kappa shape index (κ2) is 6.97. The molecule has 3 aromatic rings. The molecule has 0 saturated heterocycles. The lowest BCUT2D eigenvalue weighted by Gasteiger charge is -2.21. The Morgan fingerprint density at radius 3 is 2.00 bits per heavy atom. The summed E-state index contributed by atoms with van der Waals surface area (Å²) in [5, 5.41) is 3.50. The lowest BCUT2D eigenvalue weighted by atomic mass is 9.98. The van der Waals surface area contributed by atoms with E-state index in [9.17, 15) is 4.39 Å². The number of methoxy groups -OCH3 is 1. The van der Waals surface area contributed by atoms with Crippen LogP contribution in [0.3, 0.4) is 0 Å². The topological polar surface area (TPSA) is 21.3 Å². The molecule has 0 aromatic heterocycles. The van der Waals surface area contributed by atoms with Gasteiger partial charge in [-0.2, -0.15) is 0 Å². The zero-order valence-corrected chi connectivity index (χ0v) is 12.9. The molecule has 0 aliphatic carbocycles. The third-order valence-electron chi connectivity index (χ3n) is 3.74. The molecule has 3 aromatic carbocycles. The summed E-state index contributed by atoms with van der Waals surface area (Å²) in [6, 6.07) is 24.4. The fraction of sp³-hybridized carbons (Fsp3) is 0.100. The van der Waals surface area contributed by atoms with Gasteiger partial charge in [0.1, 0.15) is 11.6 Å². The lowest BCUT2D eigenvalue weighted by Crippen LogP contribution is -2.12. The molecular formula is C20H18FNO. The molecule has 0 fully saturated rings. The molecule has 0 aliphatic rings. The Bertz CT molecular complexity index is 739. The van der Waals surface area contributed by atoms with Crippen molar-refractivity contribution >= 4 is 5.69 Å². The van der Waals surface area contributed by atoms with Gasteiger partial charge in [-0.15, -0.1) is 0 Å². The number of rotatable bonds is 5. The Hall–Kier alpha value is -2.81. The van der Waals surface area contributed by atoms with E-state index in [4.69, 9.17) is 4.74 Å². The van der Waals surface area contributed by atoms with Crippen molar-refractivity contribution in [2.75, 3.05) is 12.4 Å². The van der Waals surface area contributed by atoms with Gasteiger partial charge in [0.15, 0.2) is 0 Å². The number of benzene rings is 3. The van der Waals surface area contributed by atoms with Gasteiger partial charge in [0.25, 0.3) is 0 Å². The normalized spacial score (nSPS) is 11.7. The van der Waals surface area contributed by atoms with Gasteiger partial charge in [-0.1, -0.05) is 42.5 Å². The lowest BCUT2D eigenvalue weighted by molar-refractivity contribution is 0.415. The summed E-state index contributed by atoms with van der Waals surface area (Å²) in [6.07, 6.45) is 0. The first-order valence-corrected chi connectivity index (χ1v) is 7.47. The molecule has 1 N–H and O–H groups in total. The van der Waals surface area contributed by atoms with E-state index in [1.807, 2.05) is 54.6 Å². The van der Waals surface area contributed by atoms with Crippen LogP contribution in [0.4, 0.5) is 10.1 Å². The summed E-state index contributed by atoms with van der Waals surface area (Å²) in [6.45, 7) is 0. The second-order valence-corrected chi connectivity index (χ2v) is 5.27. The summed E-state index contributed by atoms with van der Waals surface area (Å²) in [7, 11) is 1.65. The highest BCUT2D eigenvalue weighted by molar-refractivity contribution is 5.51. The SMILES string of the molecule is COc1ccc(NC(c2ccccc2)c2ccc(F)cc2)cc1. The standard InChI is InChI=1S/C20H18FNO/c1-23-19-13-11-18(12-14-19)22-20(15-5-3-2-4-6-15)16-7-9-17(21)10-8-16/h2-14,20,22H,1H3. The van der Waals surface area contributed by atoms with E-state index in [0.29, 0.717) is 0 Å². The molecule has 0 radical (unpaired) electrons. The van der Waals surface area contributed by atoms with Gasteiger partial charge in [0, 0.05) is 5.69 Å². The molecule has 0 heterocycles. The van der Waals surface area contributed by atoms with Crippen molar-refractivity contribution in [3.8, 4) is 5.75 Å². The van der Waals surface area contributed by atoms with Gasteiger partial charge in [0.05, 0.1) is 13.2 Å². The Labute approximate surface area is 135 Å². The van der Waals surface area contributed by atoms with E-state index >= 15 is 0 Å². The minimum absolute atomic E-state index is 0.0507. The Morgan fingerprint density at radius 1 is 0.783 bits per heavy atom. The third kappa shape index (κ3) is 3.69. The van der Waals surface area contributed by atoms with Crippen LogP contribution >= 0.6 is 0 Å². The first kappa shape index (κ1) is 15.1. The van der Waals surface area contributed by atoms with Crippen LogP contribution in [0.2, 0.25) is 0 Å². The van der Waals surface area contributed by atoms with E-state index < -0.39 is 0 Å². The number of halogens is 1. The average molecular weight is 307 g/mol. The average Bonchev–Trinajstić information content (AvgIpc) is 2.62. The van der Waals surface area contributed by atoms with Crippen molar-refractivity contribution in [1.82, 2.24) is 0 Å². The molecule has 0 saturated carbocycles. The number of anilines is 1. The molecule has 0 amide bonds. The molecule has 0 bridgehead atoms. The maximum Gasteiger partial charge on any atom is 0.123 e. The minimum atomic E-state index is -0.231. The van der Waals surface area contributed by atoms with Gasteiger partial charge in [0.2, 0.25) is 0 Å². The van der Waals surface area contributed by atoms with Crippen LogP contribution in [0.1, 0.15) is 17.2 Å². The smallest absolute Gasteiger partial charge is 0.123 e. The molecule has 3 heteroatoms. The zero-order valence-electron chi connectivity index (χ0n) is 12.9. The third-order valence-corrected chi connectivity index (χ3v) is 3.74. The number of nitrogens with one attached hydrogen (secondary N) is 1. The van der Waals surface area contributed by atoms with Crippen LogP contribution in [0.5, 0.6) is 5.75 Å². The summed E-state index contributed by atoms with van der Waals surface area (Å²) >= 11 is 0. The van der Waals surface area contributed by atoms with Crippen molar-refractivity contribution in [2.24, 2.45) is 0 Å². The fourth-order valence-corrected chi connectivity index (χ4v) is 2.51. The first-order chi connectivity index (χ1) is 11.3. The van der Waals surface area contributed by atoms with Crippen LogP contribution in [0.25, 0.3) is 0 Å². The summed E-state index contributed by atoms with van der Waals surface area (Å²) < 4.78 is 18.4. The highest BCUT2D eigenvalue weighted by atomic mass is 19.1. The van der Waals surface area contributed by atoms with E-state index in [1.165, 1.54) is 12.1 Å². The van der Waals surface area contributed by atoms with Crippen molar-refractivity contribution in [3.05, 3.63) is 95.8 Å². The largest absolute Gasteiger partial charge is 0.497 e. The van der Waals surface area contributed by atoms with Crippen molar-refractivity contribution in [2.45, 2.75) is 6.04 Å². The van der Waals surface area contributed by atoms with E-state index in [-0.39, 0.29) is 11.9 Å². The Balaban J connectivity index is 1.93. The number of hydrogen-bond acceptors (Lipinski definition) is 2. The predicted octanol–water partition coefficient (Wildman–Crippen LogP) is 5.04. The molecule has 1 atom stereocenters. The number of hydrogen-bond donors (Lipinski definition) is 1.